The molecule has 0 radical (unpaired) electrons. The molecule has 0 fully saturated rings. The first-order valence-electron chi connectivity index (χ1n) is 5.65. The summed E-state index contributed by atoms with van der Waals surface area (Å²) in [6.45, 7) is 1.82. The highest BCUT2D eigenvalue weighted by Crippen LogP contribution is 2.27. The summed E-state index contributed by atoms with van der Waals surface area (Å²) < 4.78 is 6.32. The van der Waals surface area contributed by atoms with Crippen molar-refractivity contribution in [1.82, 2.24) is 9.71 Å². The maximum atomic E-state index is 10.0. The summed E-state index contributed by atoms with van der Waals surface area (Å²) in [5.74, 6) is 0.958. The van der Waals surface area contributed by atoms with Gasteiger partial charge < -0.3 is 9.62 Å². The van der Waals surface area contributed by atoms with E-state index in [4.69, 9.17) is 4.42 Å². The minimum atomic E-state index is 0.413. The Kier molecular flexibility index (Phi) is 2.41. The van der Waals surface area contributed by atoms with Crippen LogP contribution in [-0.4, -0.2) is 14.9 Å². The lowest BCUT2D eigenvalue weighted by Gasteiger charge is -1.98. The van der Waals surface area contributed by atoms with Crippen LogP contribution in [0.15, 0.2) is 53.1 Å². The van der Waals surface area contributed by atoms with Crippen LogP contribution in [-0.2, 0) is 0 Å². The number of nitrogens with zero attached hydrogens (tertiary/aromatic N) is 2. The number of furan rings is 1. The Morgan fingerprint density at radius 3 is 2.56 bits per heavy atom. The predicted octanol–water partition coefficient (Wildman–Crippen LogP) is 3.36. The summed E-state index contributed by atoms with van der Waals surface area (Å²) in [7, 11) is 0. The van der Waals surface area contributed by atoms with Crippen molar-refractivity contribution in [2.75, 3.05) is 0 Å². The molecule has 3 aromatic rings. The standard InChI is InChI=1S/C14H12N2O2/c1-10-13(11-6-3-2-4-7-11)15-14(16(10)17)12-8-5-9-18-12/h2-9,17H,1H3. The van der Waals surface area contributed by atoms with Gasteiger partial charge in [0.05, 0.1) is 17.7 Å². The molecule has 0 aliphatic carbocycles. The molecule has 0 aliphatic heterocycles. The highest BCUT2D eigenvalue weighted by molar-refractivity contribution is 5.65. The Morgan fingerprint density at radius 1 is 1.11 bits per heavy atom. The molecule has 90 valence electrons. The maximum Gasteiger partial charge on any atom is 0.211 e. The smallest absolute Gasteiger partial charge is 0.211 e. The van der Waals surface area contributed by atoms with Crippen LogP contribution in [0.1, 0.15) is 5.69 Å². The van der Waals surface area contributed by atoms with Gasteiger partial charge in [-0.2, -0.15) is 4.73 Å². The molecule has 0 atom stereocenters. The van der Waals surface area contributed by atoms with Gasteiger partial charge in [-0.05, 0) is 19.1 Å². The maximum absolute atomic E-state index is 10.0. The van der Waals surface area contributed by atoms with Crippen molar-refractivity contribution >= 4 is 0 Å². The van der Waals surface area contributed by atoms with Crippen LogP contribution in [0.2, 0.25) is 0 Å². The summed E-state index contributed by atoms with van der Waals surface area (Å²) in [6.07, 6.45) is 1.56. The Hall–Kier alpha value is -2.49. The summed E-state index contributed by atoms with van der Waals surface area (Å²) in [5, 5.41) is 10.0. The van der Waals surface area contributed by atoms with E-state index >= 15 is 0 Å². The molecule has 2 heterocycles. The van der Waals surface area contributed by atoms with Gasteiger partial charge in [0.1, 0.15) is 0 Å². The average molecular weight is 240 g/mol. The highest BCUT2D eigenvalue weighted by atomic mass is 16.5. The topological polar surface area (TPSA) is 51.2 Å². The van der Waals surface area contributed by atoms with E-state index < -0.39 is 0 Å². The van der Waals surface area contributed by atoms with E-state index in [0.717, 1.165) is 16.0 Å². The average Bonchev–Trinajstić information content (AvgIpc) is 3.01. The molecule has 4 nitrogen and oxygen atoms in total. The molecular formula is C14H12N2O2. The van der Waals surface area contributed by atoms with Crippen molar-refractivity contribution in [2.24, 2.45) is 0 Å². The third kappa shape index (κ3) is 1.59. The fraction of sp³-hybridized carbons (Fsp3) is 0.0714. The van der Waals surface area contributed by atoms with Gasteiger partial charge in [-0.1, -0.05) is 30.3 Å². The fourth-order valence-corrected chi connectivity index (χ4v) is 1.93. The molecule has 3 rings (SSSR count). The largest absolute Gasteiger partial charge is 0.461 e. The van der Waals surface area contributed by atoms with Crippen LogP contribution < -0.4 is 0 Å². The van der Waals surface area contributed by atoms with E-state index in [-0.39, 0.29) is 0 Å². The van der Waals surface area contributed by atoms with Crippen LogP contribution in [0, 0.1) is 6.92 Å². The van der Waals surface area contributed by atoms with E-state index in [1.807, 2.05) is 37.3 Å². The number of rotatable bonds is 2. The minimum Gasteiger partial charge on any atom is -0.461 e. The zero-order valence-corrected chi connectivity index (χ0v) is 9.87. The van der Waals surface area contributed by atoms with Gasteiger partial charge in [-0.25, -0.2) is 4.98 Å². The SMILES string of the molecule is Cc1c(-c2ccccc2)nc(-c2ccco2)n1O. The number of hydrogen-bond donors (Lipinski definition) is 1. The Bertz CT molecular complexity index is 655. The van der Waals surface area contributed by atoms with Crippen molar-refractivity contribution in [1.29, 1.82) is 0 Å². The first-order valence-corrected chi connectivity index (χ1v) is 5.65. The van der Waals surface area contributed by atoms with Crippen LogP contribution in [0.25, 0.3) is 22.8 Å². The first-order chi connectivity index (χ1) is 8.77. The van der Waals surface area contributed by atoms with Gasteiger partial charge in [0.2, 0.25) is 5.82 Å². The van der Waals surface area contributed by atoms with Gasteiger partial charge in [0.25, 0.3) is 0 Å². The Balaban J connectivity index is 2.16. The van der Waals surface area contributed by atoms with Crippen LogP contribution in [0.5, 0.6) is 0 Å². The lowest BCUT2D eigenvalue weighted by molar-refractivity contribution is 0.183. The van der Waals surface area contributed by atoms with Crippen LogP contribution in [0.3, 0.4) is 0 Å². The van der Waals surface area contributed by atoms with Crippen molar-refractivity contribution in [2.45, 2.75) is 6.92 Å². The van der Waals surface area contributed by atoms with Gasteiger partial charge in [0, 0.05) is 5.56 Å². The van der Waals surface area contributed by atoms with Crippen molar-refractivity contribution in [3.63, 3.8) is 0 Å². The van der Waals surface area contributed by atoms with Gasteiger partial charge in [-0.15, -0.1) is 0 Å². The zero-order chi connectivity index (χ0) is 12.5. The molecular weight excluding hydrogens is 228 g/mol. The molecule has 0 spiro atoms. The van der Waals surface area contributed by atoms with Crippen molar-refractivity contribution in [3.8, 4) is 22.8 Å². The van der Waals surface area contributed by atoms with E-state index in [9.17, 15) is 5.21 Å². The molecule has 18 heavy (non-hydrogen) atoms. The van der Waals surface area contributed by atoms with Gasteiger partial charge in [0.15, 0.2) is 5.76 Å². The molecule has 0 aliphatic rings. The normalized spacial score (nSPS) is 10.7. The quantitative estimate of drug-likeness (QED) is 0.699. The summed E-state index contributed by atoms with van der Waals surface area (Å²) >= 11 is 0. The molecule has 0 bridgehead atoms. The third-order valence-corrected chi connectivity index (χ3v) is 2.87. The fourth-order valence-electron chi connectivity index (χ4n) is 1.93. The molecule has 0 amide bonds. The summed E-state index contributed by atoms with van der Waals surface area (Å²) in [4.78, 5) is 4.44. The Morgan fingerprint density at radius 2 is 1.89 bits per heavy atom. The van der Waals surface area contributed by atoms with E-state index in [0.29, 0.717) is 17.3 Å². The Labute approximate surface area is 104 Å². The summed E-state index contributed by atoms with van der Waals surface area (Å²) in [5.41, 5.74) is 2.41. The predicted molar refractivity (Wildman–Crippen MR) is 67.3 cm³/mol. The van der Waals surface area contributed by atoms with Crippen molar-refractivity contribution < 1.29 is 9.62 Å². The molecule has 1 aromatic carbocycles. The molecule has 1 N–H and O–H groups in total. The molecule has 0 unspecified atom stereocenters. The number of benzene rings is 1. The van der Waals surface area contributed by atoms with Crippen molar-refractivity contribution in [3.05, 3.63) is 54.4 Å². The molecule has 0 saturated heterocycles. The molecule has 4 heteroatoms. The summed E-state index contributed by atoms with van der Waals surface area (Å²) in [6, 6.07) is 13.3. The monoisotopic (exact) mass is 240 g/mol. The number of hydrogen-bond acceptors (Lipinski definition) is 3. The second kappa shape index (κ2) is 4.07. The van der Waals surface area contributed by atoms with E-state index in [2.05, 4.69) is 4.98 Å². The van der Waals surface area contributed by atoms with Gasteiger partial charge >= 0.3 is 0 Å². The molecule has 0 saturated carbocycles. The lowest BCUT2D eigenvalue weighted by atomic mass is 10.1. The van der Waals surface area contributed by atoms with Crippen LogP contribution >= 0.6 is 0 Å². The second-order valence-corrected chi connectivity index (χ2v) is 4.02. The van der Waals surface area contributed by atoms with Crippen LogP contribution in [0.4, 0.5) is 0 Å². The number of aromatic nitrogens is 2. The minimum absolute atomic E-state index is 0.413. The zero-order valence-electron chi connectivity index (χ0n) is 9.87. The highest BCUT2D eigenvalue weighted by Gasteiger charge is 2.17. The lowest BCUT2D eigenvalue weighted by Crippen LogP contribution is -1.95. The van der Waals surface area contributed by atoms with E-state index in [1.165, 1.54) is 0 Å². The van der Waals surface area contributed by atoms with Gasteiger partial charge in [-0.3, -0.25) is 0 Å². The molecule has 2 aromatic heterocycles. The second-order valence-electron chi connectivity index (χ2n) is 4.02. The number of imidazole rings is 1. The third-order valence-electron chi connectivity index (χ3n) is 2.87. The van der Waals surface area contributed by atoms with E-state index in [1.54, 1.807) is 18.4 Å². The first kappa shape index (κ1) is 10.7.